The van der Waals surface area contributed by atoms with E-state index in [1.807, 2.05) is 27.7 Å². The SMILES string of the molecule is CC(C)C(O)C(C)(C)CNC(=O)NC1CCCC1. The number of aliphatic hydroxyl groups excluding tert-OH is 1. The first kappa shape index (κ1) is 15.3. The van der Waals surface area contributed by atoms with Crippen LogP contribution in [-0.2, 0) is 0 Å². The summed E-state index contributed by atoms with van der Waals surface area (Å²) < 4.78 is 0. The Morgan fingerprint density at radius 1 is 1.33 bits per heavy atom. The predicted molar refractivity (Wildman–Crippen MR) is 73.4 cm³/mol. The van der Waals surface area contributed by atoms with E-state index in [0.29, 0.717) is 12.6 Å². The second-order valence-corrected chi connectivity index (χ2v) is 6.49. The van der Waals surface area contributed by atoms with Crippen molar-refractivity contribution in [3.05, 3.63) is 0 Å². The molecule has 106 valence electrons. The number of amides is 2. The quantitative estimate of drug-likeness (QED) is 0.706. The standard InChI is InChI=1S/C14H28N2O2/c1-10(2)12(17)14(3,4)9-15-13(18)16-11-7-5-6-8-11/h10-12,17H,5-9H2,1-4H3,(H2,15,16,18). The molecule has 1 saturated carbocycles. The van der Waals surface area contributed by atoms with E-state index in [0.717, 1.165) is 12.8 Å². The molecule has 0 aromatic carbocycles. The van der Waals surface area contributed by atoms with Gasteiger partial charge in [0.25, 0.3) is 0 Å². The van der Waals surface area contributed by atoms with Crippen molar-refractivity contribution in [2.75, 3.05) is 6.54 Å². The first-order chi connectivity index (χ1) is 8.33. The summed E-state index contributed by atoms with van der Waals surface area (Å²) in [5.74, 6) is 0.194. The molecular formula is C14H28N2O2. The highest BCUT2D eigenvalue weighted by Crippen LogP contribution is 2.25. The van der Waals surface area contributed by atoms with E-state index in [1.54, 1.807) is 0 Å². The van der Waals surface area contributed by atoms with Crippen molar-refractivity contribution in [1.29, 1.82) is 0 Å². The minimum Gasteiger partial charge on any atom is -0.392 e. The Morgan fingerprint density at radius 2 is 1.89 bits per heavy atom. The normalized spacial score (nSPS) is 19.0. The van der Waals surface area contributed by atoms with Gasteiger partial charge in [0.05, 0.1) is 6.10 Å². The molecule has 1 atom stereocenters. The molecule has 4 nitrogen and oxygen atoms in total. The average molecular weight is 256 g/mol. The summed E-state index contributed by atoms with van der Waals surface area (Å²) >= 11 is 0. The van der Waals surface area contributed by atoms with Crippen LogP contribution in [0.25, 0.3) is 0 Å². The van der Waals surface area contributed by atoms with Gasteiger partial charge in [0.2, 0.25) is 0 Å². The van der Waals surface area contributed by atoms with Crippen LogP contribution in [0.2, 0.25) is 0 Å². The van der Waals surface area contributed by atoms with Gasteiger partial charge in [-0.15, -0.1) is 0 Å². The Balaban J connectivity index is 2.32. The van der Waals surface area contributed by atoms with Crippen molar-refractivity contribution in [2.24, 2.45) is 11.3 Å². The van der Waals surface area contributed by atoms with E-state index < -0.39 is 6.10 Å². The third-order valence-corrected chi connectivity index (χ3v) is 3.83. The molecule has 0 bridgehead atoms. The molecule has 18 heavy (non-hydrogen) atoms. The average Bonchev–Trinajstić information content (AvgIpc) is 2.78. The lowest BCUT2D eigenvalue weighted by atomic mass is 9.81. The molecule has 0 heterocycles. The number of hydrogen-bond acceptors (Lipinski definition) is 2. The van der Waals surface area contributed by atoms with Gasteiger partial charge in [-0.05, 0) is 18.8 Å². The van der Waals surface area contributed by atoms with Crippen molar-refractivity contribution in [3.63, 3.8) is 0 Å². The van der Waals surface area contributed by atoms with E-state index in [-0.39, 0.29) is 17.4 Å². The van der Waals surface area contributed by atoms with Crippen LogP contribution in [0.1, 0.15) is 53.4 Å². The van der Waals surface area contributed by atoms with Crippen molar-refractivity contribution >= 4 is 6.03 Å². The fourth-order valence-electron chi connectivity index (χ4n) is 2.62. The number of aliphatic hydroxyl groups is 1. The Bertz CT molecular complexity index is 271. The molecular weight excluding hydrogens is 228 g/mol. The number of hydrogen-bond donors (Lipinski definition) is 3. The summed E-state index contributed by atoms with van der Waals surface area (Å²) in [5.41, 5.74) is -0.304. The number of nitrogens with one attached hydrogen (secondary N) is 2. The van der Waals surface area contributed by atoms with Crippen LogP contribution in [-0.4, -0.2) is 29.8 Å². The van der Waals surface area contributed by atoms with Gasteiger partial charge in [-0.25, -0.2) is 4.79 Å². The number of carbonyl (C=O) groups is 1. The molecule has 1 aliphatic rings. The second-order valence-electron chi connectivity index (χ2n) is 6.49. The first-order valence-corrected chi connectivity index (χ1v) is 7.05. The Labute approximate surface area is 111 Å². The molecule has 4 heteroatoms. The Kier molecular flexibility index (Phi) is 5.45. The van der Waals surface area contributed by atoms with Gasteiger partial charge >= 0.3 is 6.03 Å². The zero-order chi connectivity index (χ0) is 13.8. The summed E-state index contributed by atoms with van der Waals surface area (Å²) in [7, 11) is 0. The van der Waals surface area contributed by atoms with Gasteiger partial charge in [-0.1, -0.05) is 40.5 Å². The third kappa shape index (κ3) is 4.48. The molecule has 0 aromatic rings. The van der Waals surface area contributed by atoms with Crippen LogP contribution in [0, 0.1) is 11.3 Å². The molecule has 1 unspecified atom stereocenters. The third-order valence-electron chi connectivity index (χ3n) is 3.83. The van der Waals surface area contributed by atoms with Crippen LogP contribution in [0.5, 0.6) is 0 Å². The van der Waals surface area contributed by atoms with Crippen LogP contribution in [0.15, 0.2) is 0 Å². The van der Waals surface area contributed by atoms with Crippen molar-refractivity contribution < 1.29 is 9.90 Å². The second kappa shape index (κ2) is 6.41. The largest absolute Gasteiger partial charge is 0.392 e. The van der Waals surface area contributed by atoms with E-state index in [9.17, 15) is 9.90 Å². The Hall–Kier alpha value is -0.770. The maximum atomic E-state index is 11.7. The van der Waals surface area contributed by atoms with Gasteiger partial charge in [-0.2, -0.15) is 0 Å². The molecule has 1 aliphatic carbocycles. The summed E-state index contributed by atoms with van der Waals surface area (Å²) in [6, 6.07) is 0.231. The lowest BCUT2D eigenvalue weighted by molar-refractivity contribution is 0.0151. The van der Waals surface area contributed by atoms with Crippen LogP contribution < -0.4 is 10.6 Å². The van der Waals surface area contributed by atoms with Crippen LogP contribution in [0.4, 0.5) is 4.79 Å². The summed E-state index contributed by atoms with van der Waals surface area (Å²) in [6.45, 7) is 8.43. The van der Waals surface area contributed by atoms with Crippen molar-refractivity contribution in [3.8, 4) is 0 Å². The highest BCUT2D eigenvalue weighted by Gasteiger charge is 2.30. The zero-order valence-corrected chi connectivity index (χ0v) is 12.1. The summed E-state index contributed by atoms with van der Waals surface area (Å²) in [5, 5.41) is 15.9. The summed E-state index contributed by atoms with van der Waals surface area (Å²) in [4.78, 5) is 11.7. The number of urea groups is 1. The molecule has 0 spiro atoms. The van der Waals surface area contributed by atoms with Crippen molar-refractivity contribution in [1.82, 2.24) is 10.6 Å². The van der Waals surface area contributed by atoms with Gasteiger partial charge in [0.1, 0.15) is 0 Å². The van der Waals surface area contributed by atoms with Crippen molar-refractivity contribution in [2.45, 2.75) is 65.5 Å². The minimum absolute atomic E-state index is 0.106. The maximum Gasteiger partial charge on any atom is 0.315 e. The number of rotatable bonds is 5. The molecule has 1 rings (SSSR count). The smallest absolute Gasteiger partial charge is 0.315 e. The zero-order valence-electron chi connectivity index (χ0n) is 12.1. The maximum absolute atomic E-state index is 11.7. The fourth-order valence-corrected chi connectivity index (χ4v) is 2.62. The molecule has 2 amide bonds. The molecule has 0 saturated heterocycles. The first-order valence-electron chi connectivity index (χ1n) is 7.05. The number of carbonyl (C=O) groups excluding carboxylic acids is 1. The minimum atomic E-state index is -0.413. The van der Waals surface area contributed by atoms with Gasteiger partial charge in [0, 0.05) is 18.0 Å². The van der Waals surface area contributed by atoms with E-state index >= 15 is 0 Å². The van der Waals surface area contributed by atoms with E-state index in [2.05, 4.69) is 10.6 Å². The highest BCUT2D eigenvalue weighted by atomic mass is 16.3. The molecule has 0 radical (unpaired) electrons. The lowest BCUT2D eigenvalue weighted by Gasteiger charge is -2.33. The topological polar surface area (TPSA) is 61.4 Å². The molecule has 0 aromatic heterocycles. The van der Waals surface area contributed by atoms with Crippen LogP contribution in [0.3, 0.4) is 0 Å². The van der Waals surface area contributed by atoms with Gasteiger partial charge in [-0.3, -0.25) is 0 Å². The van der Waals surface area contributed by atoms with Gasteiger partial charge < -0.3 is 15.7 Å². The van der Waals surface area contributed by atoms with E-state index in [4.69, 9.17) is 0 Å². The predicted octanol–water partition coefficient (Wildman–Crippen LogP) is 2.27. The van der Waals surface area contributed by atoms with Crippen LogP contribution >= 0.6 is 0 Å². The Morgan fingerprint density at radius 3 is 2.39 bits per heavy atom. The van der Waals surface area contributed by atoms with E-state index in [1.165, 1.54) is 12.8 Å². The lowest BCUT2D eigenvalue weighted by Crippen LogP contribution is -2.48. The fraction of sp³-hybridized carbons (Fsp3) is 0.929. The molecule has 0 aliphatic heterocycles. The molecule has 1 fully saturated rings. The highest BCUT2D eigenvalue weighted by molar-refractivity contribution is 5.74. The monoisotopic (exact) mass is 256 g/mol. The molecule has 3 N–H and O–H groups in total. The summed E-state index contributed by atoms with van der Waals surface area (Å²) in [6.07, 6.45) is 4.19. The van der Waals surface area contributed by atoms with Gasteiger partial charge in [0.15, 0.2) is 0 Å².